The highest BCUT2D eigenvalue weighted by Gasteiger charge is 2.21. The molecule has 0 spiro atoms. The van der Waals surface area contributed by atoms with Crippen molar-refractivity contribution in [2.45, 2.75) is 6.61 Å². The molecule has 0 bridgehead atoms. The predicted octanol–water partition coefficient (Wildman–Crippen LogP) is 4.67. The van der Waals surface area contributed by atoms with Gasteiger partial charge in [0.25, 0.3) is 0 Å². The predicted molar refractivity (Wildman–Crippen MR) is 76.6 cm³/mol. The van der Waals surface area contributed by atoms with E-state index in [1.165, 1.54) is 0 Å². The highest BCUT2D eigenvalue weighted by Crippen LogP contribution is 2.52. The quantitative estimate of drug-likeness (QED) is 0.727. The van der Waals surface area contributed by atoms with E-state index in [2.05, 4.69) is 0 Å². The van der Waals surface area contributed by atoms with Gasteiger partial charge in [-0.05, 0) is 28.9 Å². The van der Waals surface area contributed by atoms with Crippen molar-refractivity contribution >= 4 is 18.0 Å². The Hall–Kier alpha value is -1.28. The first-order valence-electron chi connectivity index (χ1n) is 5.81. The molecule has 0 aliphatic rings. The average molecular weight is 297 g/mol. The summed E-state index contributed by atoms with van der Waals surface area (Å²) in [7, 11) is 0. The van der Waals surface area contributed by atoms with Crippen molar-refractivity contribution in [3.05, 3.63) is 66.2 Å². The third-order valence-corrected chi connectivity index (χ3v) is 3.82. The van der Waals surface area contributed by atoms with Gasteiger partial charge in [-0.15, -0.1) is 0 Å². The van der Waals surface area contributed by atoms with Crippen LogP contribution in [0.4, 0.5) is 0 Å². The molecule has 3 nitrogen and oxygen atoms in total. The van der Waals surface area contributed by atoms with E-state index < -0.39 is 6.72 Å². The van der Waals surface area contributed by atoms with Crippen LogP contribution in [-0.2, 0) is 15.9 Å². The van der Waals surface area contributed by atoms with Crippen molar-refractivity contribution in [1.82, 2.24) is 0 Å². The lowest BCUT2D eigenvalue weighted by Gasteiger charge is -2.13. The van der Waals surface area contributed by atoms with Gasteiger partial charge in [0, 0.05) is 0 Å². The van der Waals surface area contributed by atoms with Crippen molar-refractivity contribution in [2.75, 3.05) is 6.35 Å². The Labute approximate surface area is 117 Å². The van der Waals surface area contributed by atoms with Crippen LogP contribution in [0.3, 0.4) is 0 Å². The first-order valence-corrected chi connectivity index (χ1v) is 8.52. The van der Waals surface area contributed by atoms with Crippen LogP contribution in [0, 0.1) is 0 Å². The lowest BCUT2D eigenvalue weighted by atomic mass is 10.2. The van der Waals surface area contributed by atoms with Crippen LogP contribution < -0.4 is 4.52 Å². The summed E-state index contributed by atoms with van der Waals surface area (Å²) in [5.41, 5.74) is 0.999. The summed E-state index contributed by atoms with van der Waals surface area (Å²) in [4.78, 5) is 0. The molecule has 1 unspecified atom stereocenters. The molecule has 0 aliphatic heterocycles. The Morgan fingerprint density at radius 3 is 2.16 bits per heavy atom. The molecular weight excluding hydrogens is 283 g/mol. The second-order valence-corrected chi connectivity index (χ2v) is 7.12. The van der Waals surface area contributed by atoms with Crippen LogP contribution in [0.2, 0.25) is 0 Å². The summed E-state index contributed by atoms with van der Waals surface area (Å²) in [6, 6.07) is 18.4. The van der Waals surface area contributed by atoms with Crippen molar-refractivity contribution in [3.63, 3.8) is 0 Å². The van der Waals surface area contributed by atoms with Gasteiger partial charge in [0.1, 0.15) is 12.1 Å². The fourth-order valence-corrected chi connectivity index (χ4v) is 2.76. The average Bonchev–Trinajstić information content (AvgIpc) is 2.40. The van der Waals surface area contributed by atoms with Crippen molar-refractivity contribution < 1.29 is 13.8 Å². The molecule has 0 saturated heterocycles. The molecule has 0 heterocycles. The zero-order valence-corrected chi connectivity index (χ0v) is 11.9. The fourth-order valence-electron chi connectivity index (χ4n) is 1.51. The molecule has 0 amide bonds. The zero-order chi connectivity index (χ0) is 13.6. The summed E-state index contributed by atoms with van der Waals surface area (Å²) in [6.45, 7) is -2.94. The third kappa shape index (κ3) is 5.07. The lowest BCUT2D eigenvalue weighted by molar-refractivity contribution is 0.158. The minimum absolute atomic E-state index is 0.127. The standard InChI is InChI=1S/C14H14ClO3P/c15-19(16,18-14-9-5-2-6-10-14)12-17-11-13-7-3-1-4-8-13/h1-10H,11-12H2. The molecule has 0 aromatic heterocycles. The number of rotatable bonds is 6. The van der Waals surface area contributed by atoms with Crippen LogP contribution in [0.15, 0.2) is 60.7 Å². The molecule has 0 saturated carbocycles. The van der Waals surface area contributed by atoms with Gasteiger partial charge >= 0.3 is 6.72 Å². The van der Waals surface area contributed by atoms with Crippen LogP contribution in [0.25, 0.3) is 0 Å². The van der Waals surface area contributed by atoms with Crippen LogP contribution in [-0.4, -0.2) is 6.35 Å². The Morgan fingerprint density at radius 1 is 0.947 bits per heavy atom. The maximum atomic E-state index is 12.0. The number of hydrogen-bond donors (Lipinski definition) is 0. The van der Waals surface area contributed by atoms with E-state index in [0.29, 0.717) is 12.4 Å². The van der Waals surface area contributed by atoms with Crippen LogP contribution in [0.5, 0.6) is 5.75 Å². The highest BCUT2D eigenvalue weighted by atomic mass is 35.7. The van der Waals surface area contributed by atoms with E-state index in [-0.39, 0.29) is 6.35 Å². The normalized spacial score (nSPS) is 13.7. The molecule has 0 fully saturated rings. The number of benzene rings is 2. The molecule has 19 heavy (non-hydrogen) atoms. The molecule has 100 valence electrons. The van der Waals surface area contributed by atoms with E-state index in [1.54, 1.807) is 24.3 Å². The molecular formula is C14H14ClO3P. The molecule has 1 atom stereocenters. The smallest absolute Gasteiger partial charge is 0.361 e. The van der Waals surface area contributed by atoms with Gasteiger partial charge in [0.05, 0.1) is 6.61 Å². The zero-order valence-electron chi connectivity index (χ0n) is 10.2. The third-order valence-electron chi connectivity index (χ3n) is 2.34. The second-order valence-electron chi connectivity index (χ2n) is 3.96. The number of halogens is 1. The van der Waals surface area contributed by atoms with E-state index >= 15 is 0 Å². The Morgan fingerprint density at radius 2 is 1.53 bits per heavy atom. The topological polar surface area (TPSA) is 35.5 Å². The van der Waals surface area contributed by atoms with Gasteiger partial charge in [0.15, 0.2) is 0 Å². The van der Waals surface area contributed by atoms with Crippen molar-refractivity contribution in [2.24, 2.45) is 0 Å². The molecule has 2 aromatic carbocycles. The monoisotopic (exact) mass is 296 g/mol. The Balaban J connectivity index is 1.83. The first-order chi connectivity index (χ1) is 9.16. The Bertz CT molecular complexity index is 545. The van der Waals surface area contributed by atoms with Gasteiger partial charge in [-0.3, -0.25) is 4.57 Å². The lowest BCUT2D eigenvalue weighted by Crippen LogP contribution is -1.98. The van der Waals surface area contributed by atoms with Crippen LogP contribution in [0.1, 0.15) is 5.56 Å². The molecule has 2 aromatic rings. The summed E-state index contributed by atoms with van der Waals surface area (Å²) in [6.07, 6.45) is -0.127. The van der Waals surface area contributed by atoms with E-state index in [0.717, 1.165) is 5.56 Å². The number of para-hydroxylation sites is 1. The van der Waals surface area contributed by atoms with Crippen LogP contribution >= 0.6 is 18.0 Å². The molecule has 0 aliphatic carbocycles. The molecule has 0 radical (unpaired) electrons. The van der Waals surface area contributed by atoms with Crippen molar-refractivity contribution in [3.8, 4) is 5.75 Å². The Kier molecular flexibility index (Phi) is 5.03. The minimum Gasteiger partial charge on any atom is -0.431 e. The first kappa shape index (κ1) is 14.1. The summed E-state index contributed by atoms with van der Waals surface area (Å²) < 4.78 is 22.6. The van der Waals surface area contributed by atoms with Gasteiger partial charge in [0.2, 0.25) is 0 Å². The SMILES string of the molecule is O=P(Cl)(COCc1ccccc1)Oc1ccccc1. The summed E-state index contributed by atoms with van der Waals surface area (Å²) in [5.74, 6) is 0.476. The largest absolute Gasteiger partial charge is 0.431 e. The van der Waals surface area contributed by atoms with Crippen molar-refractivity contribution in [1.29, 1.82) is 0 Å². The fraction of sp³-hybridized carbons (Fsp3) is 0.143. The summed E-state index contributed by atoms with van der Waals surface area (Å²) >= 11 is 5.85. The van der Waals surface area contributed by atoms with Gasteiger partial charge in [-0.1, -0.05) is 48.5 Å². The molecule has 0 N–H and O–H groups in total. The molecule has 5 heteroatoms. The maximum absolute atomic E-state index is 12.0. The number of hydrogen-bond acceptors (Lipinski definition) is 3. The highest BCUT2D eigenvalue weighted by molar-refractivity contribution is 7.85. The molecule has 2 rings (SSSR count). The maximum Gasteiger partial charge on any atom is 0.361 e. The van der Waals surface area contributed by atoms with Gasteiger partial charge < -0.3 is 9.26 Å². The van der Waals surface area contributed by atoms with E-state index in [1.807, 2.05) is 36.4 Å². The second kappa shape index (κ2) is 6.76. The minimum atomic E-state index is -3.30. The number of ether oxygens (including phenoxy) is 1. The van der Waals surface area contributed by atoms with Gasteiger partial charge in [-0.2, -0.15) is 0 Å². The van der Waals surface area contributed by atoms with E-state index in [4.69, 9.17) is 20.5 Å². The van der Waals surface area contributed by atoms with E-state index in [9.17, 15) is 4.57 Å². The summed E-state index contributed by atoms with van der Waals surface area (Å²) in [5, 5.41) is 0. The van der Waals surface area contributed by atoms with Gasteiger partial charge in [-0.25, -0.2) is 0 Å².